The fourth-order valence-electron chi connectivity index (χ4n) is 5.25. The first-order valence-corrected chi connectivity index (χ1v) is 13.7. The number of carbonyl (C=O) groups is 1. The van der Waals surface area contributed by atoms with Gasteiger partial charge in [-0.05, 0) is 55.9 Å². The molecule has 0 saturated carbocycles. The Bertz CT molecular complexity index is 1150. The summed E-state index contributed by atoms with van der Waals surface area (Å²) in [5.74, 6) is -0.934. The van der Waals surface area contributed by atoms with Crippen LogP contribution in [0.25, 0.3) is 0 Å². The third kappa shape index (κ3) is 5.28. The van der Waals surface area contributed by atoms with Crippen molar-refractivity contribution >= 4 is 15.7 Å². The summed E-state index contributed by atoms with van der Waals surface area (Å²) < 4.78 is 48.1. The van der Waals surface area contributed by atoms with Crippen LogP contribution >= 0.6 is 0 Å². The number of hydrogen-bond acceptors (Lipinski definition) is 6. The molecule has 0 aliphatic carbocycles. The Balaban J connectivity index is 1.61. The zero-order valence-electron chi connectivity index (χ0n) is 20.2. The minimum atomic E-state index is -3.56. The lowest BCUT2D eigenvalue weighted by Gasteiger charge is -2.40. The Morgan fingerprint density at radius 2 is 1.91 bits per heavy atom. The van der Waals surface area contributed by atoms with Crippen LogP contribution in [0.5, 0.6) is 0 Å². The van der Waals surface area contributed by atoms with Gasteiger partial charge in [-0.25, -0.2) is 12.8 Å². The number of nitrogens with one attached hydrogen (secondary N) is 2. The van der Waals surface area contributed by atoms with Crippen LogP contribution in [0.2, 0.25) is 0 Å². The summed E-state index contributed by atoms with van der Waals surface area (Å²) in [6.45, 7) is 4.82. The van der Waals surface area contributed by atoms with Gasteiger partial charge >= 0.3 is 0 Å². The second-order valence-corrected chi connectivity index (χ2v) is 12.0. The highest BCUT2D eigenvalue weighted by Crippen LogP contribution is 2.36. The molecule has 190 valence electrons. The van der Waals surface area contributed by atoms with E-state index < -0.39 is 43.6 Å². The Morgan fingerprint density at radius 1 is 1.23 bits per heavy atom. The van der Waals surface area contributed by atoms with Gasteiger partial charge in [0.25, 0.3) is 0 Å². The van der Waals surface area contributed by atoms with E-state index in [2.05, 4.69) is 10.6 Å². The predicted octanol–water partition coefficient (Wildman–Crippen LogP) is 2.35. The van der Waals surface area contributed by atoms with Gasteiger partial charge in [0.05, 0.1) is 16.5 Å². The molecule has 2 saturated heterocycles. The normalized spacial score (nSPS) is 26.7. The number of amides is 1. The van der Waals surface area contributed by atoms with Crippen LogP contribution in [0.4, 0.5) is 4.39 Å². The molecule has 2 fully saturated rings. The van der Waals surface area contributed by atoms with Crippen molar-refractivity contribution in [1.29, 1.82) is 0 Å². The molecule has 9 heteroatoms. The lowest BCUT2D eigenvalue weighted by atomic mass is 9.81. The lowest BCUT2D eigenvalue weighted by molar-refractivity contribution is -0.120. The van der Waals surface area contributed by atoms with Gasteiger partial charge in [0.1, 0.15) is 5.82 Å². The Kier molecular flexibility index (Phi) is 7.61. The predicted molar refractivity (Wildman–Crippen MR) is 133 cm³/mol. The largest absolute Gasteiger partial charge is 0.381 e. The molecule has 35 heavy (non-hydrogen) atoms. The highest BCUT2D eigenvalue weighted by Gasteiger charge is 2.43. The van der Waals surface area contributed by atoms with Crippen LogP contribution in [0.3, 0.4) is 0 Å². The molecule has 4 rings (SSSR count). The van der Waals surface area contributed by atoms with E-state index >= 15 is 4.39 Å². The molecule has 4 N–H and O–H groups in total. The summed E-state index contributed by atoms with van der Waals surface area (Å²) >= 11 is 0. The number of rotatable bonds is 7. The van der Waals surface area contributed by atoms with Crippen molar-refractivity contribution < 1.29 is 22.3 Å². The van der Waals surface area contributed by atoms with Gasteiger partial charge in [0.2, 0.25) is 5.91 Å². The second kappa shape index (κ2) is 10.3. The average Bonchev–Trinajstić information content (AvgIpc) is 2.83. The molecule has 0 bridgehead atoms. The molecule has 1 amide bonds. The molecule has 1 unspecified atom stereocenters. The van der Waals surface area contributed by atoms with Crippen LogP contribution in [0.1, 0.15) is 48.6 Å². The maximum Gasteiger partial charge on any atom is 0.234 e. The molecular formula is C26H34FN3O4S. The SMILES string of the molecule is C[C@@H]1NC[C@@H](c2ccccc2)S(=O)(=O)C1Cc1ccc(C2(N[C@H](C)C(N)=O)CCOCC2)cc1F. The molecule has 4 atom stereocenters. The van der Waals surface area contributed by atoms with E-state index in [4.69, 9.17) is 10.5 Å². The van der Waals surface area contributed by atoms with Crippen LogP contribution in [-0.4, -0.2) is 51.4 Å². The number of hydrogen-bond donors (Lipinski definition) is 3. The zero-order valence-corrected chi connectivity index (χ0v) is 21.0. The minimum absolute atomic E-state index is 0.0766. The maximum absolute atomic E-state index is 15.5. The number of carbonyl (C=O) groups excluding carboxylic acids is 1. The van der Waals surface area contributed by atoms with E-state index in [1.807, 2.05) is 43.3 Å². The standard InChI is InChI=1S/C26H34FN3O4S/c1-17-23(35(32,33)24(16-29-17)19-6-4-3-5-7-19)14-20-8-9-21(15-22(20)27)26(10-12-34-13-11-26)30-18(2)25(28)31/h3-9,15,17-18,23-24,29-30H,10-14,16H2,1-2H3,(H2,28,31)/t17-,18+,23?,24-/m0/s1. The number of ether oxygens (including phenoxy) is 1. The van der Waals surface area contributed by atoms with Gasteiger partial charge < -0.3 is 15.8 Å². The van der Waals surface area contributed by atoms with Crippen LogP contribution in [-0.2, 0) is 31.3 Å². The van der Waals surface area contributed by atoms with E-state index in [0.29, 0.717) is 43.7 Å². The van der Waals surface area contributed by atoms with Crippen molar-refractivity contribution in [1.82, 2.24) is 10.6 Å². The third-order valence-electron chi connectivity index (χ3n) is 7.47. The van der Waals surface area contributed by atoms with E-state index in [1.165, 1.54) is 6.07 Å². The first-order chi connectivity index (χ1) is 16.6. The van der Waals surface area contributed by atoms with E-state index in [0.717, 1.165) is 5.56 Å². The number of primary amides is 1. The average molecular weight is 504 g/mol. The van der Waals surface area contributed by atoms with Crippen LogP contribution < -0.4 is 16.4 Å². The third-order valence-corrected chi connectivity index (χ3v) is 10.1. The summed E-state index contributed by atoms with van der Waals surface area (Å²) in [6.07, 6.45) is 1.22. The van der Waals surface area contributed by atoms with Gasteiger partial charge in [0.15, 0.2) is 9.84 Å². The van der Waals surface area contributed by atoms with E-state index in [9.17, 15) is 13.2 Å². The van der Waals surface area contributed by atoms with Gasteiger partial charge in [-0.3, -0.25) is 10.1 Å². The summed E-state index contributed by atoms with van der Waals surface area (Å²) in [5, 5.41) is 5.17. The summed E-state index contributed by atoms with van der Waals surface area (Å²) in [7, 11) is -3.56. The van der Waals surface area contributed by atoms with Crippen molar-refractivity contribution in [2.24, 2.45) is 5.73 Å². The van der Waals surface area contributed by atoms with Gasteiger partial charge in [-0.1, -0.05) is 42.5 Å². The molecule has 2 aliphatic rings. The molecule has 2 aromatic rings. The monoisotopic (exact) mass is 503 g/mol. The van der Waals surface area contributed by atoms with E-state index in [1.54, 1.807) is 13.0 Å². The Hall–Kier alpha value is -2.33. The minimum Gasteiger partial charge on any atom is -0.381 e. The number of sulfone groups is 1. The van der Waals surface area contributed by atoms with Crippen molar-refractivity contribution in [3.8, 4) is 0 Å². The first kappa shape index (κ1) is 25.8. The van der Waals surface area contributed by atoms with Gasteiger partial charge in [0, 0.05) is 31.3 Å². The fourth-order valence-corrected chi connectivity index (χ4v) is 7.62. The quantitative estimate of drug-likeness (QED) is 0.535. The topological polar surface area (TPSA) is 111 Å². The smallest absolute Gasteiger partial charge is 0.234 e. The summed E-state index contributed by atoms with van der Waals surface area (Å²) in [4.78, 5) is 11.7. The first-order valence-electron chi connectivity index (χ1n) is 12.1. The number of halogens is 1. The van der Waals surface area contributed by atoms with Gasteiger partial charge in [-0.15, -0.1) is 0 Å². The number of benzene rings is 2. The molecule has 0 spiro atoms. The molecule has 2 aliphatic heterocycles. The fraction of sp³-hybridized carbons (Fsp3) is 0.500. The summed E-state index contributed by atoms with van der Waals surface area (Å²) in [6, 6.07) is 13.2. The molecule has 2 aromatic carbocycles. The number of nitrogens with two attached hydrogens (primary N) is 1. The molecule has 7 nitrogen and oxygen atoms in total. The molecule has 0 aromatic heterocycles. The highest BCUT2D eigenvalue weighted by atomic mass is 32.2. The highest BCUT2D eigenvalue weighted by molar-refractivity contribution is 7.92. The van der Waals surface area contributed by atoms with Crippen molar-refractivity contribution in [3.63, 3.8) is 0 Å². The second-order valence-electron chi connectivity index (χ2n) is 9.70. The molecule has 2 heterocycles. The molecular weight excluding hydrogens is 469 g/mol. The van der Waals surface area contributed by atoms with E-state index in [-0.39, 0.29) is 12.5 Å². The Morgan fingerprint density at radius 3 is 2.54 bits per heavy atom. The Labute approximate surface area is 206 Å². The maximum atomic E-state index is 15.5. The molecule has 0 radical (unpaired) electrons. The van der Waals surface area contributed by atoms with Crippen LogP contribution in [0, 0.1) is 5.82 Å². The van der Waals surface area contributed by atoms with Crippen molar-refractivity contribution in [3.05, 3.63) is 71.0 Å². The van der Waals surface area contributed by atoms with Crippen LogP contribution in [0.15, 0.2) is 48.5 Å². The summed E-state index contributed by atoms with van der Waals surface area (Å²) in [5.41, 5.74) is 6.63. The van der Waals surface area contributed by atoms with Crippen molar-refractivity contribution in [2.75, 3.05) is 19.8 Å². The zero-order chi connectivity index (χ0) is 25.2. The lowest BCUT2D eigenvalue weighted by Crippen LogP contribution is -2.54. The van der Waals surface area contributed by atoms with Gasteiger partial charge in [-0.2, -0.15) is 0 Å². The van der Waals surface area contributed by atoms with Crippen molar-refractivity contribution in [2.45, 2.75) is 61.2 Å².